The molecule has 1 atom stereocenters. The lowest BCUT2D eigenvalue weighted by atomic mass is 10.1. The molecule has 0 heterocycles. The Labute approximate surface area is 142 Å². The van der Waals surface area contributed by atoms with Crippen LogP contribution in [-0.4, -0.2) is 28.2 Å². The van der Waals surface area contributed by atoms with E-state index in [0.29, 0.717) is 17.8 Å². The number of hydrogen-bond acceptors (Lipinski definition) is 5. The van der Waals surface area contributed by atoms with E-state index >= 15 is 0 Å². The topological polar surface area (TPSA) is 80.5 Å². The van der Waals surface area contributed by atoms with Crippen molar-refractivity contribution in [3.05, 3.63) is 63.7 Å². The maximum Gasteiger partial charge on any atom is 0.293 e. The van der Waals surface area contributed by atoms with Gasteiger partial charge in [-0.05, 0) is 36.8 Å². The quantitative estimate of drug-likeness (QED) is 0.456. The highest BCUT2D eigenvalue weighted by atomic mass is 32.2. The molecule has 0 aliphatic rings. The Kier molecular flexibility index (Phi) is 5.46. The van der Waals surface area contributed by atoms with Crippen LogP contribution in [0.15, 0.2) is 47.4 Å². The van der Waals surface area contributed by atoms with Gasteiger partial charge >= 0.3 is 0 Å². The van der Waals surface area contributed by atoms with Gasteiger partial charge in [0.05, 0.1) is 4.92 Å². The van der Waals surface area contributed by atoms with Gasteiger partial charge in [0.2, 0.25) is 0 Å². The van der Waals surface area contributed by atoms with Crippen molar-refractivity contribution in [3.8, 4) is 0 Å². The fourth-order valence-corrected chi connectivity index (χ4v) is 2.88. The maximum atomic E-state index is 11.4. The molecule has 0 aromatic heterocycles. The van der Waals surface area contributed by atoms with Crippen LogP contribution in [-0.2, 0) is 17.3 Å². The van der Waals surface area contributed by atoms with Crippen molar-refractivity contribution in [1.82, 2.24) is 0 Å². The third kappa shape index (κ3) is 4.05. The highest BCUT2D eigenvalue weighted by Gasteiger charge is 2.19. The predicted octanol–water partition coefficient (Wildman–Crippen LogP) is 3.17. The summed E-state index contributed by atoms with van der Waals surface area (Å²) >= 11 is 0. The van der Waals surface area contributed by atoms with Gasteiger partial charge in [0.25, 0.3) is 5.69 Å². The molecule has 24 heavy (non-hydrogen) atoms. The summed E-state index contributed by atoms with van der Waals surface area (Å²) in [5.41, 5.74) is 1.59. The Morgan fingerprint density at radius 1 is 1.21 bits per heavy atom. The zero-order valence-electron chi connectivity index (χ0n) is 13.7. The number of Topliss-reactive ketones (excluding diaryl/α,β-unsaturated/α-hetero) is 1. The van der Waals surface area contributed by atoms with Gasteiger partial charge in [-0.25, -0.2) is 0 Å². The first-order valence-corrected chi connectivity index (χ1v) is 8.78. The number of benzene rings is 2. The minimum atomic E-state index is -1.04. The fourth-order valence-electron chi connectivity index (χ4n) is 2.36. The van der Waals surface area contributed by atoms with Crippen LogP contribution in [0.1, 0.15) is 22.8 Å². The molecule has 2 rings (SSSR count). The third-order valence-electron chi connectivity index (χ3n) is 3.66. The van der Waals surface area contributed by atoms with Crippen LogP contribution in [0.3, 0.4) is 0 Å². The number of rotatable bonds is 6. The molecule has 0 fully saturated rings. The van der Waals surface area contributed by atoms with E-state index < -0.39 is 15.7 Å². The molecule has 0 spiro atoms. The van der Waals surface area contributed by atoms with E-state index in [1.165, 1.54) is 13.0 Å². The molecule has 7 heteroatoms. The van der Waals surface area contributed by atoms with Gasteiger partial charge in [0.1, 0.15) is 5.69 Å². The SMILES string of the molecule is CC(=O)c1ccc(N(C)Cc2ccc(S(C)=O)cc2)c([N+](=O)[O-])c1. The molecule has 0 N–H and O–H groups in total. The lowest BCUT2D eigenvalue weighted by molar-refractivity contribution is -0.384. The van der Waals surface area contributed by atoms with E-state index in [2.05, 4.69) is 0 Å². The summed E-state index contributed by atoms with van der Waals surface area (Å²) in [6.07, 6.45) is 1.61. The summed E-state index contributed by atoms with van der Waals surface area (Å²) in [6, 6.07) is 11.7. The number of nitrogens with zero attached hydrogens (tertiary/aromatic N) is 2. The molecule has 2 aromatic rings. The number of carbonyl (C=O) groups is 1. The van der Waals surface area contributed by atoms with Gasteiger partial charge in [-0.15, -0.1) is 0 Å². The summed E-state index contributed by atoms with van der Waals surface area (Å²) in [4.78, 5) is 24.7. The van der Waals surface area contributed by atoms with Gasteiger partial charge in [-0.3, -0.25) is 19.1 Å². The second-order valence-electron chi connectivity index (χ2n) is 5.47. The Morgan fingerprint density at radius 2 is 1.83 bits per heavy atom. The van der Waals surface area contributed by atoms with Crippen LogP contribution in [0, 0.1) is 10.1 Å². The molecule has 0 aliphatic carbocycles. The molecule has 2 aromatic carbocycles. The Bertz CT molecular complexity index is 803. The highest BCUT2D eigenvalue weighted by Crippen LogP contribution is 2.29. The number of ketones is 1. The zero-order valence-corrected chi connectivity index (χ0v) is 14.5. The van der Waals surface area contributed by atoms with Crippen molar-refractivity contribution in [3.63, 3.8) is 0 Å². The Morgan fingerprint density at radius 3 is 2.33 bits per heavy atom. The molecule has 1 unspecified atom stereocenters. The maximum absolute atomic E-state index is 11.4. The Balaban J connectivity index is 2.28. The number of nitro groups is 1. The molecule has 0 saturated carbocycles. The van der Waals surface area contributed by atoms with Gasteiger partial charge in [0.15, 0.2) is 5.78 Å². The summed E-state index contributed by atoms with van der Waals surface area (Å²) < 4.78 is 11.4. The molecule has 6 nitrogen and oxygen atoms in total. The molecule has 0 aliphatic heterocycles. The second kappa shape index (κ2) is 7.35. The smallest absolute Gasteiger partial charge is 0.293 e. The molecule has 0 saturated heterocycles. The average Bonchev–Trinajstić information content (AvgIpc) is 2.54. The predicted molar refractivity (Wildman–Crippen MR) is 94.0 cm³/mol. The first-order chi connectivity index (χ1) is 11.3. The largest absolute Gasteiger partial charge is 0.365 e. The molecule has 0 radical (unpaired) electrons. The number of nitro benzene ring substituents is 1. The summed E-state index contributed by atoms with van der Waals surface area (Å²) in [7, 11) is 0.714. The lowest BCUT2D eigenvalue weighted by Crippen LogP contribution is -2.18. The van der Waals surface area contributed by atoms with Gasteiger partial charge in [-0.2, -0.15) is 0 Å². The highest BCUT2D eigenvalue weighted by molar-refractivity contribution is 7.84. The molecular formula is C17H18N2O4S. The van der Waals surface area contributed by atoms with E-state index in [1.807, 2.05) is 12.1 Å². The van der Waals surface area contributed by atoms with Gasteiger partial charge in [0, 0.05) is 47.2 Å². The number of anilines is 1. The lowest BCUT2D eigenvalue weighted by Gasteiger charge is -2.19. The van der Waals surface area contributed by atoms with Crippen molar-refractivity contribution in [2.75, 3.05) is 18.2 Å². The van der Waals surface area contributed by atoms with Crippen LogP contribution in [0.25, 0.3) is 0 Å². The zero-order chi connectivity index (χ0) is 17.9. The normalized spacial score (nSPS) is 11.8. The van der Waals surface area contributed by atoms with Crippen LogP contribution in [0.5, 0.6) is 0 Å². The van der Waals surface area contributed by atoms with E-state index in [0.717, 1.165) is 10.5 Å². The van der Waals surface area contributed by atoms with Crippen molar-refractivity contribution >= 4 is 28.0 Å². The molecule has 0 amide bonds. The van der Waals surface area contributed by atoms with Crippen LogP contribution in [0.2, 0.25) is 0 Å². The second-order valence-corrected chi connectivity index (χ2v) is 6.85. The summed E-state index contributed by atoms with van der Waals surface area (Å²) in [6.45, 7) is 1.83. The van der Waals surface area contributed by atoms with Crippen LogP contribution in [0.4, 0.5) is 11.4 Å². The van der Waals surface area contributed by atoms with E-state index in [-0.39, 0.29) is 11.5 Å². The van der Waals surface area contributed by atoms with E-state index in [9.17, 15) is 19.1 Å². The number of carbonyl (C=O) groups excluding carboxylic acids is 1. The molecule has 126 valence electrons. The average molecular weight is 346 g/mol. The van der Waals surface area contributed by atoms with Crippen LogP contribution >= 0.6 is 0 Å². The van der Waals surface area contributed by atoms with E-state index in [4.69, 9.17) is 0 Å². The first-order valence-electron chi connectivity index (χ1n) is 7.22. The summed E-state index contributed by atoms with van der Waals surface area (Å²) in [5, 5.41) is 11.3. The van der Waals surface area contributed by atoms with Crippen molar-refractivity contribution in [2.45, 2.75) is 18.4 Å². The summed E-state index contributed by atoms with van der Waals surface area (Å²) in [5.74, 6) is -0.213. The molecule has 0 bridgehead atoms. The third-order valence-corrected chi connectivity index (χ3v) is 4.60. The fraction of sp³-hybridized carbons (Fsp3) is 0.235. The van der Waals surface area contributed by atoms with Crippen molar-refractivity contribution in [1.29, 1.82) is 0 Å². The first kappa shape index (κ1) is 17.8. The van der Waals surface area contributed by atoms with Crippen molar-refractivity contribution < 1.29 is 13.9 Å². The van der Waals surface area contributed by atoms with Crippen LogP contribution < -0.4 is 4.90 Å². The standard InChI is InChI=1S/C17H18N2O4S/c1-12(20)14-6-9-16(17(10-14)19(21)22)18(2)11-13-4-7-15(8-5-13)24(3)23/h4-10H,11H2,1-3H3. The van der Waals surface area contributed by atoms with Gasteiger partial charge in [-0.1, -0.05) is 12.1 Å². The van der Waals surface area contributed by atoms with Crippen molar-refractivity contribution in [2.24, 2.45) is 0 Å². The van der Waals surface area contributed by atoms with E-state index in [1.54, 1.807) is 42.5 Å². The Hall–Kier alpha value is -2.54. The minimum Gasteiger partial charge on any atom is -0.365 e. The van der Waals surface area contributed by atoms with Gasteiger partial charge < -0.3 is 4.90 Å². The minimum absolute atomic E-state index is 0.100. The molecular weight excluding hydrogens is 328 g/mol. The monoisotopic (exact) mass is 346 g/mol. The number of hydrogen-bond donors (Lipinski definition) is 0.